The molecule has 0 bridgehead atoms. The van der Waals surface area contributed by atoms with E-state index in [4.69, 9.17) is 4.98 Å². The molecule has 1 amide bonds. The van der Waals surface area contributed by atoms with Gasteiger partial charge in [-0.05, 0) is 36.8 Å². The van der Waals surface area contributed by atoms with Gasteiger partial charge in [-0.1, -0.05) is 42.1 Å². The first-order valence-corrected chi connectivity index (χ1v) is 12.2. The Kier molecular flexibility index (Phi) is 5.89. The van der Waals surface area contributed by atoms with Gasteiger partial charge in [0.1, 0.15) is 11.4 Å². The largest absolute Gasteiger partial charge is 0.274 e. The Bertz CT molecular complexity index is 1430. The fourth-order valence-corrected chi connectivity index (χ4v) is 5.34. The van der Waals surface area contributed by atoms with Crippen LogP contribution in [0.2, 0.25) is 0 Å². The molecule has 0 N–H and O–H groups in total. The highest BCUT2D eigenvalue weighted by Crippen LogP contribution is 2.33. The molecule has 2 aromatic carbocycles. The molecule has 0 saturated carbocycles. The molecule has 0 unspecified atom stereocenters. The minimum atomic E-state index is -0.0695. The molecule has 0 aliphatic carbocycles. The molecule has 9 heteroatoms. The minimum Gasteiger partial charge on any atom is -0.274 e. The molecule has 0 radical (unpaired) electrons. The van der Waals surface area contributed by atoms with E-state index in [2.05, 4.69) is 15.1 Å². The second kappa shape index (κ2) is 9.13. The van der Waals surface area contributed by atoms with Crippen LogP contribution in [0.1, 0.15) is 18.2 Å². The van der Waals surface area contributed by atoms with Crippen molar-refractivity contribution in [3.05, 3.63) is 83.8 Å². The number of thioether (sulfide) groups is 1. The molecule has 7 nitrogen and oxygen atoms in total. The van der Waals surface area contributed by atoms with Crippen molar-refractivity contribution >= 4 is 50.9 Å². The van der Waals surface area contributed by atoms with Crippen molar-refractivity contribution in [2.24, 2.45) is 0 Å². The highest BCUT2D eigenvalue weighted by Gasteiger charge is 2.19. The van der Waals surface area contributed by atoms with E-state index in [1.807, 2.05) is 71.6 Å². The Morgan fingerprint density at radius 1 is 1.12 bits per heavy atom. The lowest BCUT2D eigenvalue weighted by molar-refractivity contribution is -0.115. The number of carbonyl (C=O) groups is 1. The Morgan fingerprint density at radius 3 is 2.76 bits per heavy atom. The predicted octanol–water partition coefficient (Wildman–Crippen LogP) is 5.56. The zero-order valence-corrected chi connectivity index (χ0v) is 19.7. The normalized spacial score (nSPS) is 11.1. The molecule has 0 fully saturated rings. The monoisotopic (exact) mass is 472 g/mol. The van der Waals surface area contributed by atoms with Gasteiger partial charge >= 0.3 is 0 Å². The number of thiazole rings is 1. The summed E-state index contributed by atoms with van der Waals surface area (Å²) in [4.78, 5) is 27.7. The first-order valence-electron chi connectivity index (χ1n) is 10.3. The van der Waals surface area contributed by atoms with Gasteiger partial charge < -0.3 is 0 Å². The van der Waals surface area contributed by atoms with Gasteiger partial charge in [-0.2, -0.15) is 5.10 Å². The van der Waals surface area contributed by atoms with Crippen LogP contribution < -0.4 is 4.90 Å². The van der Waals surface area contributed by atoms with Gasteiger partial charge in [0.05, 0.1) is 28.7 Å². The summed E-state index contributed by atoms with van der Waals surface area (Å²) in [5.41, 5.74) is 4.52. The summed E-state index contributed by atoms with van der Waals surface area (Å²) in [6.07, 6.45) is 3.36. The molecule has 3 aromatic heterocycles. The molecule has 0 spiro atoms. The van der Waals surface area contributed by atoms with Gasteiger partial charge in [-0.3, -0.25) is 9.69 Å². The molecular formula is C24H20N6OS2. The van der Waals surface area contributed by atoms with Crippen molar-refractivity contribution in [3.8, 4) is 5.69 Å². The van der Waals surface area contributed by atoms with E-state index in [-0.39, 0.29) is 5.91 Å². The van der Waals surface area contributed by atoms with Crippen LogP contribution in [0, 0.1) is 6.92 Å². The third-order valence-corrected chi connectivity index (χ3v) is 6.91. The van der Waals surface area contributed by atoms with Crippen LogP contribution in [0.15, 0.2) is 77.5 Å². The van der Waals surface area contributed by atoms with Crippen molar-refractivity contribution in [2.75, 3.05) is 4.90 Å². The van der Waals surface area contributed by atoms with Crippen LogP contribution in [-0.4, -0.2) is 30.6 Å². The average molecular weight is 473 g/mol. The molecule has 0 aliphatic rings. The number of para-hydroxylation sites is 1. The van der Waals surface area contributed by atoms with Crippen LogP contribution in [0.5, 0.6) is 0 Å². The van der Waals surface area contributed by atoms with Gasteiger partial charge in [0, 0.05) is 18.1 Å². The zero-order valence-electron chi connectivity index (χ0n) is 18.0. The van der Waals surface area contributed by atoms with E-state index in [0.29, 0.717) is 10.9 Å². The molecule has 0 atom stereocenters. The second-order valence-corrected chi connectivity index (χ2v) is 9.21. The quantitative estimate of drug-likeness (QED) is 0.238. The Labute approximate surface area is 199 Å². The highest BCUT2D eigenvalue weighted by atomic mass is 32.2. The number of hydrogen-bond acceptors (Lipinski definition) is 7. The van der Waals surface area contributed by atoms with Gasteiger partial charge in [0.25, 0.3) is 0 Å². The molecule has 164 valence electrons. The standard InChI is InChI=1S/C24H20N6OS2/c1-16-7-6-10-20(11-16)29(17(2)31)24-28-18(14-33-24)13-32-23-21-12-27-30(22(21)25-15-26-23)19-8-4-3-5-9-19/h3-12,14-15H,13H2,1-2H3. The molecule has 33 heavy (non-hydrogen) atoms. The first-order chi connectivity index (χ1) is 16.1. The molecule has 5 aromatic rings. The maximum atomic E-state index is 12.4. The van der Waals surface area contributed by atoms with Crippen molar-refractivity contribution in [3.63, 3.8) is 0 Å². The van der Waals surface area contributed by atoms with Gasteiger partial charge in [0.2, 0.25) is 5.91 Å². The van der Waals surface area contributed by atoms with E-state index >= 15 is 0 Å². The summed E-state index contributed by atoms with van der Waals surface area (Å²) in [7, 11) is 0. The molecule has 5 rings (SSSR count). The third-order valence-electron chi connectivity index (χ3n) is 4.99. The van der Waals surface area contributed by atoms with E-state index in [0.717, 1.165) is 38.7 Å². The third kappa shape index (κ3) is 4.37. The molecule has 3 heterocycles. The number of fused-ring (bicyclic) bond motifs is 1. The van der Waals surface area contributed by atoms with Gasteiger partial charge in [-0.15, -0.1) is 11.3 Å². The lowest BCUT2D eigenvalue weighted by Gasteiger charge is -2.18. The Balaban J connectivity index is 1.38. The minimum absolute atomic E-state index is 0.0695. The van der Waals surface area contributed by atoms with E-state index in [9.17, 15) is 4.79 Å². The molecule has 0 aliphatic heterocycles. The summed E-state index contributed by atoms with van der Waals surface area (Å²) in [5, 5.41) is 8.90. The number of benzene rings is 2. The summed E-state index contributed by atoms with van der Waals surface area (Å²) < 4.78 is 1.81. The van der Waals surface area contributed by atoms with Crippen LogP contribution >= 0.6 is 23.1 Å². The van der Waals surface area contributed by atoms with E-state index < -0.39 is 0 Å². The maximum Gasteiger partial charge on any atom is 0.230 e. The van der Waals surface area contributed by atoms with Crippen molar-refractivity contribution < 1.29 is 4.79 Å². The van der Waals surface area contributed by atoms with Crippen molar-refractivity contribution in [1.29, 1.82) is 0 Å². The molecular weight excluding hydrogens is 452 g/mol. The van der Waals surface area contributed by atoms with Gasteiger partial charge in [0.15, 0.2) is 10.8 Å². The number of amides is 1. The summed E-state index contributed by atoms with van der Waals surface area (Å²) in [6, 6.07) is 17.8. The average Bonchev–Trinajstić information content (AvgIpc) is 3.46. The van der Waals surface area contributed by atoms with Crippen LogP contribution in [0.4, 0.5) is 10.8 Å². The lowest BCUT2D eigenvalue weighted by atomic mass is 10.2. The smallest absolute Gasteiger partial charge is 0.230 e. The Morgan fingerprint density at radius 2 is 1.97 bits per heavy atom. The fraction of sp³-hybridized carbons (Fsp3) is 0.125. The van der Waals surface area contributed by atoms with Crippen LogP contribution in [-0.2, 0) is 10.5 Å². The number of rotatable bonds is 6. The summed E-state index contributed by atoms with van der Waals surface area (Å²) in [5.74, 6) is 0.554. The number of aromatic nitrogens is 5. The van der Waals surface area contributed by atoms with Crippen LogP contribution in [0.25, 0.3) is 16.7 Å². The van der Waals surface area contributed by atoms with E-state index in [1.165, 1.54) is 11.3 Å². The lowest BCUT2D eigenvalue weighted by Crippen LogP contribution is -2.22. The molecule has 0 saturated heterocycles. The maximum absolute atomic E-state index is 12.4. The predicted molar refractivity (Wildman–Crippen MR) is 132 cm³/mol. The summed E-state index contributed by atoms with van der Waals surface area (Å²) >= 11 is 3.04. The van der Waals surface area contributed by atoms with Crippen LogP contribution in [0.3, 0.4) is 0 Å². The zero-order chi connectivity index (χ0) is 22.8. The number of anilines is 2. The second-order valence-electron chi connectivity index (χ2n) is 7.41. The number of nitrogens with zero attached hydrogens (tertiary/aromatic N) is 6. The Hall–Kier alpha value is -3.56. The number of carbonyl (C=O) groups excluding carboxylic acids is 1. The van der Waals surface area contributed by atoms with Crippen molar-refractivity contribution in [1.82, 2.24) is 24.7 Å². The topological polar surface area (TPSA) is 76.8 Å². The highest BCUT2D eigenvalue weighted by molar-refractivity contribution is 7.98. The summed E-state index contributed by atoms with van der Waals surface area (Å²) in [6.45, 7) is 3.56. The SMILES string of the molecule is CC(=O)N(c1cccc(C)c1)c1nc(CSc2ncnc3c2cnn3-c2ccccc2)cs1. The first kappa shape index (κ1) is 21.3. The van der Waals surface area contributed by atoms with Crippen molar-refractivity contribution in [2.45, 2.75) is 24.6 Å². The number of hydrogen-bond donors (Lipinski definition) is 0. The van der Waals surface area contributed by atoms with Gasteiger partial charge in [-0.25, -0.2) is 19.6 Å². The number of aryl methyl sites for hydroxylation is 1. The fourth-order valence-electron chi connectivity index (χ4n) is 3.50. The van der Waals surface area contributed by atoms with E-state index in [1.54, 1.807) is 36.1 Å².